The van der Waals surface area contributed by atoms with Crippen LogP contribution in [0.2, 0.25) is 0 Å². The normalized spacial score (nSPS) is 11.3. The molecule has 0 atom stereocenters. The summed E-state index contributed by atoms with van der Waals surface area (Å²) >= 11 is 0. The van der Waals surface area contributed by atoms with E-state index in [2.05, 4.69) is 5.32 Å². The Labute approximate surface area is 181 Å². The number of carboxylic acid groups (broad SMARTS) is 1. The third-order valence-corrected chi connectivity index (χ3v) is 5.06. The summed E-state index contributed by atoms with van der Waals surface area (Å²) in [6.07, 6.45) is 15.8. The molecule has 0 spiro atoms. The van der Waals surface area contributed by atoms with Crippen molar-refractivity contribution in [3.05, 3.63) is 0 Å². The summed E-state index contributed by atoms with van der Waals surface area (Å²) in [7, 11) is -4.02. The van der Waals surface area contributed by atoms with E-state index in [1.165, 1.54) is 57.8 Å². The first kappa shape index (κ1) is 28.5. The molecule has 0 saturated heterocycles. The maximum Gasteiger partial charge on any atom is 1.00 e. The molecule has 0 radical (unpaired) electrons. The fourth-order valence-corrected chi connectivity index (χ4v) is 3.40. The molecule has 0 aromatic heterocycles. The van der Waals surface area contributed by atoms with Gasteiger partial charge in [-0.25, -0.2) is 8.42 Å². The molecular formula is C18H36NNaO5S. The summed E-state index contributed by atoms with van der Waals surface area (Å²) in [5.41, 5.74) is 0. The van der Waals surface area contributed by atoms with E-state index in [0.29, 0.717) is 6.42 Å². The number of aliphatic carboxylic acids is 1. The Morgan fingerprint density at radius 1 is 0.731 bits per heavy atom. The predicted molar refractivity (Wildman–Crippen MR) is 99.7 cm³/mol. The largest absolute Gasteiger partial charge is 1.00 e. The second kappa shape index (κ2) is 20.1. The van der Waals surface area contributed by atoms with Gasteiger partial charge in [-0.3, -0.25) is 4.79 Å². The summed E-state index contributed by atoms with van der Waals surface area (Å²) in [5.74, 6) is -1.01. The molecule has 8 heteroatoms. The SMILES string of the molecule is O=C(O)CNCCCCCCCCCCCCCCCCS(=O)(=O)[O-].[Na+]. The smallest absolute Gasteiger partial charge is 0.748 e. The third-order valence-electron chi connectivity index (χ3n) is 4.27. The molecule has 0 fully saturated rings. The zero-order valence-electron chi connectivity index (χ0n) is 16.5. The van der Waals surface area contributed by atoms with Gasteiger partial charge in [0.1, 0.15) is 0 Å². The number of carboxylic acids is 1. The Morgan fingerprint density at radius 2 is 1.08 bits per heavy atom. The third kappa shape index (κ3) is 26.6. The van der Waals surface area contributed by atoms with Crippen LogP contribution < -0.4 is 34.9 Å². The monoisotopic (exact) mass is 401 g/mol. The molecule has 0 bridgehead atoms. The first-order valence-electron chi connectivity index (χ1n) is 9.78. The van der Waals surface area contributed by atoms with Gasteiger partial charge in [0.15, 0.2) is 0 Å². The van der Waals surface area contributed by atoms with Gasteiger partial charge in [0.2, 0.25) is 0 Å². The van der Waals surface area contributed by atoms with Gasteiger partial charge in [-0.2, -0.15) is 0 Å². The topological polar surface area (TPSA) is 107 Å². The van der Waals surface area contributed by atoms with Crippen molar-refractivity contribution in [3.63, 3.8) is 0 Å². The Bertz CT molecular complexity index is 418. The number of nitrogens with one attached hydrogen (secondary N) is 1. The van der Waals surface area contributed by atoms with Crippen LogP contribution in [0.25, 0.3) is 0 Å². The van der Waals surface area contributed by atoms with Gasteiger partial charge >= 0.3 is 35.5 Å². The number of rotatable bonds is 19. The minimum absolute atomic E-state index is 0. The van der Waals surface area contributed by atoms with Crippen molar-refractivity contribution in [1.82, 2.24) is 5.32 Å². The first-order valence-corrected chi connectivity index (χ1v) is 11.4. The van der Waals surface area contributed by atoms with Gasteiger partial charge in [0, 0.05) is 5.75 Å². The zero-order valence-corrected chi connectivity index (χ0v) is 19.3. The molecular weight excluding hydrogens is 365 g/mol. The van der Waals surface area contributed by atoms with Gasteiger partial charge < -0.3 is 15.0 Å². The van der Waals surface area contributed by atoms with Crippen LogP contribution >= 0.6 is 0 Å². The summed E-state index contributed by atoms with van der Waals surface area (Å²) in [6, 6.07) is 0. The Balaban J connectivity index is 0. The molecule has 0 rings (SSSR count). The molecule has 26 heavy (non-hydrogen) atoms. The van der Waals surface area contributed by atoms with E-state index in [0.717, 1.165) is 32.2 Å². The molecule has 0 aliphatic heterocycles. The molecule has 0 aliphatic carbocycles. The molecule has 2 N–H and O–H groups in total. The van der Waals surface area contributed by atoms with Crippen molar-refractivity contribution in [1.29, 1.82) is 0 Å². The maximum absolute atomic E-state index is 10.4. The van der Waals surface area contributed by atoms with Gasteiger partial charge in [-0.15, -0.1) is 0 Å². The quantitative estimate of drug-likeness (QED) is 0.187. The Hall–Kier alpha value is 0.340. The molecule has 0 aromatic carbocycles. The first-order chi connectivity index (χ1) is 11.9. The molecule has 0 aromatic rings. The van der Waals surface area contributed by atoms with Gasteiger partial charge in [0.05, 0.1) is 16.7 Å². The fourth-order valence-electron chi connectivity index (χ4n) is 2.85. The van der Waals surface area contributed by atoms with Crippen molar-refractivity contribution >= 4 is 16.1 Å². The Kier molecular flexibility index (Phi) is 22.1. The van der Waals surface area contributed by atoms with Crippen LogP contribution in [0.1, 0.15) is 89.9 Å². The summed E-state index contributed by atoms with van der Waals surface area (Å²) < 4.78 is 31.3. The minimum atomic E-state index is -4.02. The summed E-state index contributed by atoms with van der Waals surface area (Å²) in [5, 5.41) is 11.4. The van der Waals surface area contributed by atoms with E-state index < -0.39 is 16.1 Å². The number of hydrogen-bond acceptors (Lipinski definition) is 5. The van der Waals surface area contributed by atoms with Gasteiger partial charge in [-0.1, -0.05) is 77.0 Å². The van der Waals surface area contributed by atoms with Crippen LogP contribution in [-0.4, -0.2) is 42.9 Å². The average molecular weight is 402 g/mol. The van der Waals surface area contributed by atoms with Crippen molar-refractivity contribution in [3.8, 4) is 0 Å². The zero-order chi connectivity index (χ0) is 18.8. The van der Waals surface area contributed by atoms with E-state index >= 15 is 0 Å². The van der Waals surface area contributed by atoms with Crippen molar-refractivity contribution in [2.75, 3.05) is 18.8 Å². The van der Waals surface area contributed by atoms with E-state index in [4.69, 9.17) is 5.11 Å². The maximum atomic E-state index is 10.4. The number of carbonyl (C=O) groups is 1. The Morgan fingerprint density at radius 3 is 1.42 bits per heavy atom. The minimum Gasteiger partial charge on any atom is -0.748 e. The van der Waals surface area contributed by atoms with Gasteiger partial charge in [0.25, 0.3) is 0 Å². The van der Waals surface area contributed by atoms with Crippen molar-refractivity contribution in [2.24, 2.45) is 0 Å². The van der Waals surface area contributed by atoms with Crippen LogP contribution in [0, 0.1) is 0 Å². The van der Waals surface area contributed by atoms with Crippen LogP contribution in [0.3, 0.4) is 0 Å². The fraction of sp³-hybridized carbons (Fsp3) is 0.944. The van der Waals surface area contributed by atoms with E-state index in [9.17, 15) is 17.8 Å². The molecule has 0 aliphatic rings. The van der Waals surface area contributed by atoms with E-state index in [1.54, 1.807) is 0 Å². The number of unbranched alkanes of at least 4 members (excludes halogenated alkanes) is 13. The van der Waals surface area contributed by atoms with Crippen LogP contribution in [0.4, 0.5) is 0 Å². The summed E-state index contributed by atoms with van der Waals surface area (Å²) in [6.45, 7) is 0.848. The molecule has 0 amide bonds. The second-order valence-electron chi connectivity index (χ2n) is 6.78. The van der Waals surface area contributed by atoms with E-state index in [1.807, 2.05) is 0 Å². The van der Waals surface area contributed by atoms with Crippen LogP contribution in [0.15, 0.2) is 0 Å². The molecule has 0 unspecified atom stereocenters. The van der Waals surface area contributed by atoms with Crippen molar-refractivity contribution in [2.45, 2.75) is 89.9 Å². The van der Waals surface area contributed by atoms with Gasteiger partial charge in [-0.05, 0) is 19.4 Å². The second-order valence-corrected chi connectivity index (χ2v) is 8.31. The van der Waals surface area contributed by atoms with Crippen LogP contribution in [-0.2, 0) is 14.9 Å². The average Bonchev–Trinajstić information content (AvgIpc) is 2.52. The summed E-state index contributed by atoms with van der Waals surface area (Å²) in [4.78, 5) is 10.3. The standard InChI is InChI=1S/C18H37NO5S.Na/c20-18(21)17-19-15-13-11-9-7-5-3-1-2-4-6-8-10-12-14-16-25(22,23)24;/h19H,1-17H2,(H,20,21)(H,22,23,24);/q;+1/p-1. The number of hydrogen-bond donors (Lipinski definition) is 2. The van der Waals surface area contributed by atoms with E-state index in [-0.39, 0.29) is 41.9 Å². The molecule has 150 valence electrons. The van der Waals surface area contributed by atoms with Crippen LogP contribution in [0.5, 0.6) is 0 Å². The predicted octanol–water partition coefficient (Wildman–Crippen LogP) is 0.671. The molecule has 6 nitrogen and oxygen atoms in total. The molecule has 0 saturated carbocycles. The van der Waals surface area contributed by atoms with Crippen molar-refractivity contribution < 1.29 is 52.4 Å². The molecule has 0 heterocycles.